The van der Waals surface area contributed by atoms with Crippen LogP contribution >= 0.6 is 0 Å². The van der Waals surface area contributed by atoms with Crippen LogP contribution in [0.1, 0.15) is 48.2 Å². The van der Waals surface area contributed by atoms with Crippen molar-refractivity contribution in [1.82, 2.24) is 4.98 Å². The van der Waals surface area contributed by atoms with E-state index in [1.54, 1.807) is 0 Å². The Morgan fingerprint density at radius 2 is 1.71 bits per heavy atom. The van der Waals surface area contributed by atoms with Crippen molar-refractivity contribution in [3.8, 4) is 0 Å². The highest BCUT2D eigenvalue weighted by molar-refractivity contribution is 5.98. The van der Waals surface area contributed by atoms with Crippen LogP contribution in [-0.4, -0.2) is 17.4 Å². The number of anilines is 1. The molecular weight excluding hydrogens is 260 g/mol. The van der Waals surface area contributed by atoms with Crippen molar-refractivity contribution in [1.29, 1.82) is 0 Å². The molecule has 0 spiro atoms. The van der Waals surface area contributed by atoms with Crippen molar-refractivity contribution in [3.05, 3.63) is 35.2 Å². The van der Waals surface area contributed by atoms with E-state index >= 15 is 0 Å². The third kappa shape index (κ3) is 2.02. The minimum Gasteiger partial charge on any atom is -0.311 e. The molecule has 1 aromatic rings. The number of hydrogen-bond donors (Lipinski definition) is 0. The summed E-state index contributed by atoms with van der Waals surface area (Å²) in [5.41, 5.74) is 6.53. The molecule has 1 saturated heterocycles. The number of aromatic nitrogens is 1. The lowest BCUT2D eigenvalue weighted by atomic mass is 9.91. The second kappa shape index (κ2) is 4.97. The lowest BCUT2D eigenvalue weighted by molar-refractivity contribution is -0.117. The lowest BCUT2D eigenvalue weighted by Crippen LogP contribution is -2.28. The number of amides is 1. The fourth-order valence-corrected chi connectivity index (χ4v) is 4.15. The Hall–Kier alpha value is -1.64. The Labute approximate surface area is 126 Å². The number of carbonyl (C=O) groups is 1. The number of fused-ring (bicyclic) bond motifs is 2. The normalized spacial score (nSPS) is 24.1. The summed E-state index contributed by atoms with van der Waals surface area (Å²) in [4.78, 5) is 19.5. The molecule has 0 radical (unpaired) electrons. The van der Waals surface area contributed by atoms with Gasteiger partial charge in [0.25, 0.3) is 0 Å². The van der Waals surface area contributed by atoms with Gasteiger partial charge in [-0.3, -0.25) is 9.78 Å². The number of aryl methyl sites for hydroxylation is 2. The Balaban J connectivity index is 1.85. The van der Waals surface area contributed by atoms with Crippen LogP contribution in [0.2, 0.25) is 0 Å². The molecule has 0 saturated carbocycles. The number of pyridine rings is 1. The van der Waals surface area contributed by atoms with Gasteiger partial charge in [0.15, 0.2) is 0 Å². The van der Waals surface area contributed by atoms with Gasteiger partial charge in [-0.15, -0.1) is 6.58 Å². The van der Waals surface area contributed by atoms with Gasteiger partial charge >= 0.3 is 0 Å². The van der Waals surface area contributed by atoms with Gasteiger partial charge in [0.1, 0.15) is 0 Å². The molecule has 1 atom stereocenters. The predicted molar refractivity (Wildman–Crippen MR) is 83.6 cm³/mol. The quantitative estimate of drug-likeness (QED) is 0.781. The number of nitrogens with zero attached hydrogens (tertiary/aromatic N) is 2. The van der Waals surface area contributed by atoms with Crippen LogP contribution in [0.15, 0.2) is 12.7 Å². The molecule has 4 rings (SSSR count). The first-order chi connectivity index (χ1) is 10.3. The summed E-state index contributed by atoms with van der Waals surface area (Å²) in [7, 11) is 0. The largest absolute Gasteiger partial charge is 0.311 e. The second-order valence-corrected chi connectivity index (χ2v) is 6.58. The van der Waals surface area contributed by atoms with Gasteiger partial charge in [0, 0.05) is 30.3 Å². The number of carbonyl (C=O) groups excluding carboxylic acids is 1. The van der Waals surface area contributed by atoms with Crippen molar-refractivity contribution in [2.75, 3.05) is 11.4 Å². The molecule has 1 fully saturated rings. The van der Waals surface area contributed by atoms with E-state index in [-0.39, 0.29) is 5.91 Å². The Kier molecular flexibility index (Phi) is 3.09. The smallest absolute Gasteiger partial charge is 0.227 e. The van der Waals surface area contributed by atoms with Crippen molar-refractivity contribution >= 4 is 11.6 Å². The van der Waals surface area contributed by atoms with Crippen LogP contribution in [0.25, 0.3) is 0 Å². The maximum Gasteiger partial charge on any atom is 0.227 e. The molecule has 2 heterocycles. The van der Waals surface area contributed by atoms with E-state index in [0.717, 1.165) is 32.2 Å². The molecule has 0 bridgehead atoms. The second-order valence-electron chi connectivity index (χ2n) is 6.58. The fraction of sp³-hybridized carbons (Fsp3) is 0.556. The summed E-state index contributed by atoms with van der Waals surface area (Å²) in [5, 5.41) is 0. The topological polar surface area (TPSA) is 33.2 Å². The maximum absolute atomic E-state index is 12.5. The van der Waals surface area contributed by atoms with Crippen LogP contribution < -0.4 is 4.90 Å². The molecule has 2 aliphatic carbocycles. The maximum atomic E-state index is 12.5. The van der Waals surface area contributed by atoms with E-state index in [9.17, 15) is 4.79 Å². The van der Waals surface area contributed by atoms with Crippen LogP contribution in [0, 0.1) is 5.92 Å². The van der Waals surface area contributed by atoms with Gasteiger partial charge < -0.3 is 4.90 Å². The van der Waals surface area contributed by atoms with Crippen molar-refractivity contribution in [2.24, 2.45) is 5.92 Å². The Morgan fingerprint density at radius 3 is 2.43 bits per heavy atom. The Morgan fingerprint density at radius 1 is 1.05 bits per heavy atom. The van der Waals surface area contributed by atoms with E-state index < -0.39 is 0 Å². The van der Waals surface area contributed by atoms with E-state index in [1.807, 2.05) is 6.08 Å². The summed E-state index contributed by atoms with van der Waals surface area (Å²) in [6.45, 7) is 4.68. The van der Waals surface area contributed by atoms with Crippen molar-refractivity contribution in [3.63, 3.8) is 0 Å². The summed E-state index contributed by atoms with van der Waals surface area (Å²) >= 11 is 0. The van der Waals surface area contributed by atoms with Gasteiger partial charge in [-0.2, -0.15) is 0 Å². The molecule has 1 amide bonds. The third-order valence-electron chi connectivity index (χ3n) is 5.23. The first-order valence-corrected chi connectivity index (χ1v) is 8.24. The van der Waals surface area contributed by atoms with Crippen LogP contribution in [-0.2, 0) is 30.5 Å². The standard InChI is InChI=1S/C18H22N2O/c1-2-12-10-17(21)20(11-12)18-13-6-3-4-8-15(13)19-16-9-5-7-14(16)18/h2,12H,1,3-11H2. The summed E-state index contributed by atoms with van der Waals surface area (Å²) in [6, 6.07) is 0. The molecule has 0 aromatic carbocycles. The molecule has 21 heavy (non-hydrogen) atoms. The van der Waals surface area contributed by atoms with Crippen LogP contribution in [0.3, 0.4) is 0 Å². The highest BCUT2D eigenvalue weighted by Gasteiger charge is 2.35. The zero-order chi connectivity index (χ0) is 14.4. The summed E-state index contributed by atoms with van der Waals surface area (Å²) in [6.07, 6.45) is 10.6. The SMILES string of the molecule is C=CC1CC(=O)N(c2c3c(nc4c2CCC4)CCCC3)C1. The average Bonchev–Trinajstić information content (AvgIpc) is 3.11. The molecule has 1 aromatic heterocycles. The van der Waals surface area contributed by atoms with E-state index in [0.29, 0.717) is 12.3 Å². The van der Waals surface area contributed by atoms with Gasteiger partial charge in [-0.1, -0.05) is 6.08 Å². The molecule has 0 N–H and O–H groups in total. The van der Waals surface area contributed by atoms with Crippen molar-refractivity contribution in [2.45, 2.75) is 51.4 Å². The fourth-order valence-electron chi connectivity index (χ4n) is 4.15. The van der Waals surface area contributed by atoms with Crippen LogP contribution in [0.4, 0.5) is 5.69 Å². The van der Waals surface area contributed by atoms with Crippen molar-refractivity contribution < 1.29 is 4.79 Å². The number of hydrogen-bond acceptors (Lipinski definition) is 2. The first kappa shape index (κ1) is 13.1. The molecule has 1 unspecified atom stereocenters. The van der Waals surface area contributed by atoms with E-state index in [2.05, 4.69) is 11.5 Å². The molecule has 3 aliphatic rings. The predicted octanol–water partition coefficient (Wildman–Crippen LogP) is 2.99. The highest BCUT2D eigenvalue weighted by Crippen LogP contribution is 2.40. The summed E-state index contributed by atoms with van der Waals surface area (Å²) < 4.78 is 0. The zero-order valence-corrected chi connectivity index (χ0v) is 12.5. The van der Waals surface area contributed by atoms with Gasteiger partial charge in [-0.05, 0) is 56.1 Å². The zero-order valence-electron chi connectivity index (χ0n) is 12.5. The molecule has 1 aliphatic heterocycles. The Bertz CT molecular complexity index is 620. The third-order valence-corrected chi connectivity index (χ3v) is 5.23. The minimum atomic E-state index is 0.271. The minimum absolute atomic E-state index is 0.271. The van der Waals surface area contributed by atoms with Crippen LogP contribution in [0.5, 0.6) is 0 Å². The first-order valence-electron chi connectivity index (χ1n) is 8.24. The number of rotatable bonds is 2. The van der Waals surface area contributed by atoms with Gasteiger partial charge in [0.2, 0.25) is 5.91 Å². The molecular formula is C18H22N2O. The van der Waals surface area contributed by atoms with E-state index in [4.69, 9.17) is 4.98 Å². The average molecular weight is 282 g/mol. The summed E-state index contributed by atoms with van der Waals surface area (Å²) in [5.74, 6) is 0.579. The highest BCUT2D eigenvalue weighted by atomic mass is 16.2. The van der Waals surface area contributed by atoms with E-state index in [1.165, 1.54) is 47.5 Å². The molecule has 3 nitrogen and oxygen atoms in total. The van der Waals surface area contributed by atoms with Gasteiger partial charge in [-0.25, -0.2) is 0 Å². The van der Waals surface area contributed by atoms with Gasteiger partial charge in [0.05, 0.1) is 5.69 Å². The monoisotopic (exact) mass is 282 g/mol. The lowest BCUT2D eigenvalue weighted by Gasteiger charge is -2.27. The molecule has 3 heteroatoms. The molecule has 110 valence electrons.